The summed E-state index contributed by atoms with van der Waals surface area (Å²) < 4.78 is 4.94. The van der Waals surface area contributed by atoms with E-state index in [1.165, 1.54) is 0 Å². The Morgan fingerprint density at radius 1 is 1.17 bits per heavy atom. The first-order valence-corrected chi connectivity index (χ1v) is 7.56. The number of amides is 1. The first-order valence-electron chi connectivity index (χ1n) is 7.18. The predicted molar refractivity (Wildman–Crippen MR) is 99.5 cm³/mol. The maximum absolute atomic E-state index is 12.0. The standard InChI is InChI=1S/C15H22ClN3O2.2ClH/c1-21-11-6-17-12-15(20)19-9-7-18(8-10-19)14-4-2-13(16)3-5-14;;/h2-5,17H,6-12H2,1H3;2*1H. The van der Waals surface area contributed by atoms with Crippen LogP contribution in [0.1, 0.15) is 0 Å². The fourth-order valence-electron chi connectivity index (χ4n) is 2.35. The van der Waals surface area contributed by atoms with Gasteiger partial charge in [-0.2, -0.15) is 0 Å². The number of ether oxygens (including phenoxy) is 1. The molecule has 0 aromatic heterocycles. The molecule has 1 N–H and O–H groups in total. The summed E-state index contributed by atoms with van der Waals surface area (Å²) in [5.74, 6) is 0.154. The van der Waals surface area contributed by atoms with Crippen LogP contribution in [-0.2, 0) is 9.53 Å². The topological polar surface area (TPSA) is 44.8 Å². The van der Waals surface area contributed by atoms with Crippen molar-refractivity contribution in [2.45, 2.75) is 0 Å². The summed E-state index contributed by atoms with van der Waals surface area (Å²) in [6.45, 7) is 4.92. The maximum atomic E-state index is 12.0. The lowest BCUT2D eigenvalue weighted by molar-refractivity contribution is -0.130. The summed E-state index contributed by atoms with van der Waals surface area (Å²) in [6, 6.07) is 7.83. The Morgan fingerprint density at radius 3 is 2.35 bits per heavy atom. The third-order valence-corrected chi connectivity index (χ3v) is 3.84. The van der Waals surface area contributed by atoms with Crippen molar-refractivity contribution in [2.75, 3.05) is 57.9 Å². The number of anilines is 1. The second-order valence-electron chi connectivity index (χ2n) is 5.01. The van der Waals surface area contributed by atoms with Gasteiger partial charge in [0.1, 0.15) is 0 Å². The van der Waals surface area contributed by atoms with E-state index in [-0.39, 0.29) is 30.7 Å². The summed E-state index contributed by atoms with van der Waals surface area (Å²) >= 11 is 5.90. The van der Waals surface area contributed by atoms with Gasteiger partial charge in [-0.25, -0.2) is 0 Å². The number of piperazine rings is 1. The van der Waals surface area contributed by atoms with E-state index >= 15 is 0 Å². The van der Waals surface area contributed by atoms with Crippen molar-refractivity contribution in [1.29, 1.82) is 0 Å². The van der Waals surface area contributed by atoms with Crippen LogP contribution in [-0.4, -0.2) is 63.8 Å². The summed E-state index contributed by atoms with van der Waals surface area (Å²) in [5.41, 5.74) is 1.16. The molecule has 0 saturated carbocycles. The zero-order chi connectivity index (χ0) is 15.1. The van der Waals surface area contributed by atoms with Gasteiger partial charge in [-0.1, -0.05) is 11.6 Å². The lowest BCUT2D eigenvalue weighted by Crippen LogP contribution is -2.51. The van der Waals surface area contributed by atoms with E-state index in [0.717, 1.165) is 36.9 Å². The molecular formula is C15H24Cl3N3O2. The Kier molecular flexibility index (Phi) is 11.4. The highest BCUT2D eigenvalue weighted by Gasteiger charge is 2.20. The molecule has 0 radical (unpaired) electrons. The van der Waals surface area contributed by atoms with Crippen LogP contribution in [0.2, 0.25) is 5.02 Å². The lowest BCUT2D eigenvalue weighted by Gasteiger charge is -2.36. The number of nitrogens with zero attached hydrogens (tertiary/aromatic N) is 2. The first kappa shape index (κ1) is 22.3. The van der Waals surface area contributed by atoms with Gasteiger partial charge < -0.3 is 19.9 Å². The van der Waals surface area contributed by atoms with Crippen molar-refractivity contribution in [3.05, 3.63) is 29.3 Å². The number of carbonyl (C=O) groups is 1. The first-order chi connectivity index (χ1) is 10.2. The van der Waals surface area contributed by atoms with E-state index in [9.17, 15) is 4.79 Å². The average Bonchev–Trinajstić information content (AvgIpc) is 2.52. The molecule has 132 valence electrons. The smallest absolute Gasteiger partial charge is 0.236 e. The summed E-state index contributed by atoms with van der Waals surface area (Å²) in [5, 5.41) is 3.83. The number of carbonyl (C=O) groups excluding carboxylic acids is 1. The Labute approximate surface area is 155 Å². The number of nitrogens with one attached hydrogen (secondary N) is 1. The van der Waals surface area contributed by atoms with Crippen LogP contribution < -0.4 is 10.2 Å². The molecule has 1 aromatic rings. The molecule has 1 heterocycles. The van der Waals surface area contributed by atoms with Gasteiger partial charge in [0.05, 0.1) is 13.2 Å². The van der Waals surface area contributed by atoms with E-state index in [1.807, 2.05) is 29.2 Å². The highest BCUT2D eigenvalue weighted by Crippen LogP contribution is 2.19. The minimum atomic E-state index is 0. The van der Waals surface area contributed by atoms with Gasteiger partial charge in [0.2, 0.25) is 5.91 Å². The van der Waals surface area contributed by atoms with Crippen molar-refractivity contribution in [2.24, 2.45) is 0 Å². The maximum Gasteiger partial charge on any atom is 0.236 e. The second kappa shape index (κ2) is 11.8. The minimum absolute atomic E-state index is 0. The quantitative estimate of drug-likeness (QED) is 0.763. The van der Waals surface area contributed by atoms with E-state index in [0.29, 0.717) is 19.7 Å². The second-order valence-corrected chi connectivity index (χ2v) is 5.45. The lowest BCUT2D eigenvalue weighted by atomic mass is 10.2. The number of benzene rings is 1. The third-order valence-electron chi connectivity index (χ3n) is 3.58. The molecule has 1 saturated heterocycles. The van der Waals surface area contributed by atoms with Gasteiger partial charge in [-0.3, -0.25) is 4.79 Å². The summed E-state index contributed by atoms with van der Waals surface area (Å²) in [6.07, 6.45) is 0. The summed E-state index contributed by atoms with van der Waals surface area (Å²) in [4.78, 5) is 16.2. The van der Waals surface area contributed by atoms with E-state index < -0.39 is 0 Å². The van der Waals surface area contributed by atoms with Gasteiger partial charge in [0, 0.05) is 50.5 Å². The molecule has 1 aromatic carbocycles. The average molecular weight is 385 g/mol. The molecule has 0 atom stereocenters. The number of rotatable bonds is 6. The molecule has 1 aliphatic heterocycles. The van der Waals surface area contributed by atoms with Crippen molar-refractivity contribution in [3.63, 3.8) is 0 Å². The normalized spacial score (nSPS) is 14.0. The molecule has 2 rings (SSSR count). The van der Waals surface area contributed by atoms with Gasteiger partial charge in [0.15, 0.2) is 0 Å². The predicted octanol–water partition coefficient (Wildman–Crippen LogP) is 2.07. The SMILES string of the molecule is COCCNCC(=O)N1CCN(c2ccc(Cl)cc2)CC1.Cl.Cl. The Bertz CT molecular complexity index is 452. The molecule has 0 aliphatic carbocycles. The van der Waals surface area contributed by atoms with Gasteiger partial charge in [0.25, 0.3) is 0 Å². The molecule has 1 fully saturated rings. The summed E-state index contributed by atoms with van der Waals surface area (Å²) in [7, 11) is 1.65. The fourth-order valence-corrected chi connectivity index (χ4v) is 2.47. The van der Waals surface area contributed by atoms with E-state index in [2.05, 4.69) is 10.2 Å². The highest BCUT2D eigenvalue weighted by atomic mass is 35.5. The molecule has 1 amide bonds. The number of hydrogen-bond acceptors (Lipinski definition) is 4. The highest BCUT2D eigenvalue weighted by molar-refractivity contribution is 6.30. The van der Waals surface area contributed by atoms with Crippen molar-refractivity contribution < 1.29 is 9.53 Å². The minimum Gasteiger partial charge on any atom is -0.383 e. The third kappa shape index (κ3) is 7.14. The Balaban J connectivity index is 0.00000242. The van der Waals surface area contributed by atoms with Crippen LogP contribution in [0.4, 0.5) is 5.69 Å². The fraction of sp³-hybridized carbons (Fsp3) is 0.533. The molecule has 5 nitrogen and oxygen atoms in total. The van der Waals surface area contributed by atoms with Crippen LogP contribution >= 0.6 is 36.4 Å². The zero-order valence-electron chi connectivity index (χ0n) is 13.2. The molecule has 0 unspecified atom stereocenters. The monoisotopic (exact) mass is 383 g/mol. The van der Waals surface area contributed by atoms with Gasteiger partial charge in [-0.05, 0) is 24.3 Å². The molecule has 23 heavy (non-hydrogen) atoms. The molecule has 1 aliphatic rings. The Hall–Kier alpha value is -0.720. The van der Waals surface area contributed by atoms with Crippen molar-refractivity contribution >= 4 is 48.0 Å². The van der Waals surface area contributed by atoms with Crippen LogP contribution in [0.15, 0.2) is 24.3 Å². The van der Waals surface area contributed by atoms with Crippen LogP contribution in [0.25, 0.3) is 0 Å². The number of hydrogen-bond donors (Lipinski definition) is 1. The van der Waals surface area contributed by atoms with Gasteiger partial charge >= 0.3 is 0 Å². The molecule has 0 bridgehead atoms. The molecule has 0 spiro atoms. The van der Waals surface area contributed by atoms with Crippen molar-refractivity contribution in [3.8, 4) is 0 Å². The van der Waals surface area contributed by atoms with Crippen LogP contribution in [0, 0.1) is 0 Å². The van der Waals surface area contributed by atoms with E-state index in [1.54, 1.807) is 7.11 Å². The zero-order valence-corrected chi connectivity index (χ0v) is 15.6. The number of methoxy groups -OCH3 is 1. The van der Waals surface area contributed by atoms with Crippen molar-refractivity contribution in [1.82, 2.24) is 10.2 Å². The largest absolute Gasteiger partial charge is 0.383 e. The van der Waals surface area contributed by atoms with Gasteiger partial charge in [-0.15, -0.1) is 24.8 Å². The molecular weight excluding hydrogens is 361 g/mol. The van der Waals surface area contributed by atoms with E-state index in [4.69, 9.17) is 16.3 Å². The van der Waals surface area contributed by atoms with Crippen LogP contribution in [0.3, 0.4) is 0 Å². The number of halogens is 3. The Morgan fingerprint density at radius 2 is 1.78 bits per heavy atom. The molecule has 8 heteroatoms. The van der Waals surface area contributed by atoms with Crippen LogP contribution in [0.5, 0.6) is 0 Å².